The summed E-state index contributed by atoms with van der Waals surface area (Å²) in [6.45, 7) is 11.2. The number of hydrogen-bond donors (Lipinski definition) is 1. The summed E-state index contributed by atoms with van der Waals surface area (Å²) in [5.74, 6) is 1.89. The van der Waals surface area contributed by atoms with Crippen LogP contribution in [0.3, 0.4) is 0 Å². The van der Waals surface area contributed by atoms with Crippen molar-refractivity contribution in [1.82, 2.24) is 19.9 Å². The largest absolute Gasteiger partial charge is 0.339 e. The normalized spacial score (nSPS) is 17.6. The van der Waals surface area contributed by atoms with Crippen molar-refractivity contribution in [1.29, 1.82) is 0 Å². The van der Waals surface area contributed by atoms with E-state index in [0.29, 0.717) is 24.9 Å². The minimum atomic E-state index is -0.387. The lowest BCUT2D eigenvalue weighted by molar-refractivity contribution is -0.135. The van der Waals surface area contributed by atoms with Crippen molar-refractivity contribution in [2.24, 2.45) is 11.7 Å². The van der Waals surface area contributed by atoms with E-state index in [4.69, 9.17) is 10.3 Å². The summed E-state index contributed by atoms with van der Waals surface area (Å²) in [4.78, 5) is 20.9. The summed E-state index contributed by atoms with van der Waals surface area (Å²) in [5, 5.41) is 3.95. The van der Waals surface area contributed by atoms with Crippen LogP contribution in [0.15, 0.2) is 4.52 Å². The molecule has 2 atom stereocenters. The van der Waals surface area contributed by atoms with Gasteiger partial charge in [-0.05, 0) is 19.3 Å². The maximum atomic E-state index is 12.4. The Bertz CT molecular complexity index is 518. The van der Waals surface area contributed by atoms with Gasteiger partial charge < -0.3 is 15.2 Å². The molecule has 2 N–H and O–H groups in total. The average Bonchev–Trinajstić information content (AvgIpc) is 3.02. The zero-order chi connectivity index (χ0) is 17.0. The van der Waals surface area contributed by atoms with E-state index < -0.39 is 0 Å². The maximum Gasteiger partial charge on any atom is 0.243 e. The van der Waals surface area contributed by atoms with Gasteiger partial charge in [-0.15, -0.1) is 24.8 Å². The van der Waals surface area contributed by atoms with Crippen LogP contribution in [0.1, 0.15) is 51.9 Å². The van der Waals surface area contributed by atoms with Crippen LogP contribution in [0.25, 0.3) is 0 Å². The molecule has 146 valence electrons. The van der Waals surface area contributed by atoms with E-state index in [1.807, 2.05) is 11.8 Å². The Morgan fingerprint density at radius 3 is 2.28 bits per heavy atom. The molecule has 0 aliphatic carbocycles. The quantitative estimate of drug-likeness (QED) is 0.792. The van der Waals surface area contributed by atoms with Crippen molar-refractivity contribution in [2.45, 2.75) is 52.6 Å². The molecule has 25 heavy (non-hydrogen) atoms. The molecule has 1 aromatic rings. The molecule has 0 spiro atoms. The molecule has 7 nitrogen and oxygen atoms in total. The number of halogens is 2. The van der Waals surface area contributed by atoms with Crippen LogP contribution in [0, 0.1) is 5.92 Å². The Labute approximate surface area is 162 Å². The number of piperazine rings is 1. The zero-order valence-corrected chi connectivity index (χ0v) is 17.1. The van der Waals surface area contributed by atoms with Crippen LogP contribution >= 0.6 is 24.8 Å². The number of carbonyl (C=O) groups is 1. The summed E-state index contributed by atoms with van der Waals surface area (Å²) in [6.07, 6.45) is 1.50. The Morgan fingerprint density at radius 1 is 1.20 bits per heavy atom. The van der Waals surface area contributed by atoms with Gasteiger partial charge in [0.05, 0.1) is 12.1 Å². The number of aryl methyl sites for hydroxylation is 1. The third-order valence-corrected chi connectivity index (χ3v) is 4.37. The second-order valence-electron chi connectivity index (χ2n) is 6.68. The summed E-state index contributed by atoms with van der Waals surface area (Å²) < 4.78 is 5.32. The Hall–Kier alpha value is -0.890. The van der Waals surface area contributed by atoms with Gasteiger partial charge in [-0.1, -0.05) is 25.9 Å². The smallest absolute Gasteiger partial charge is 0.243 e. The molecule has 1 aliphatic rings. The van der Waals surface area contributed by atoms with E-state index in [9.17, 15) is 4.79 Å². The lowest BCUT2D eigenvalue weighted by Crippen LogP contribution is -2.53. The predicted octanol–water partition coefficient (Wildman–Crippen LogP) is 2.05. The highest BCUT2D eigenvalue weighted by Crippen LogP contribution is 2.20. The first-order valence-corrected chi connectivity index (χ1v) is 8.53. The summed E-state index contributed by atoms with van der Waals surface area (Å²) >= 11 is 0. The first-order chi connectivity index (χ1) is 10.9. The molecule has 9 heteroatoms. The van der Waals surface area contributed by atoms with Crippen LogP contribution < -0.4 is 5.73 Å². The van der Waals surface area contributed by atoms with Crippen LogP contribution in [0.4, 0.5) is 0 Å². The Balaban J connectivity index is 0.00000288. The highest BCUT2D eigenvalue weighted by Gasteiger charge is 2.29. The molecule has 1 fully saturated rings. The third-order valence-electron chi connectivity index (χ3n) is 4.37. The van der Waals surface area contributed by atoms with Crippen molar-refractivity contribution < 1.29 is 9.32 Å². The zero-order valence-electron chi connectivity index (χ0n) is 15.5. The maximum absolute atomic E-state index is 12.4. The van der Waals surface area contributed by atoms with E-state index in [0.717, 1.165) is 31.8 Å². The van der Waals surface area contributed by atoms with E-state index >= 15 is 0 Å². The number of hydrogen-bond acceptors (Lipinski definition) is 6. The molecular formula is C16H31Cl2N5O2. The molecule has 1 amide bonds. The van der Waals surface area contributed by atoms with Crippen molar-refractivity contribution in [3.63, 3.8) is 0 Å². The van der Waals surface area contributed by atoms with Gasteiger partial charge in [0.25, 0.3) is 0 Å². The monoisotopic (exact) mass is 395 g/mol. The Kier molecular flexibility index (Phi) is 10.6. The number of rotatable bonds is 6. The van der Waals surface area contributed by atoms with Gasteiger partial charge in [-0.2, -0.15) is 4.98 Å². The van der Waals surface area contributed by atoms with Gasteiger partial charge in [-0.25, -0.2) is 0 Å². The lowest BCUT2D eigenvalue weighted by Gasteiger charge is -2.37. The van der Waals surface area contributed by atoms with Crippen LogP contribution in [-0.4, -0.2) is 58.1 Å². The van der Waals surface area contributed by atoms with Gasteiger partial charge in [0.1, 0.15) is 0 Å². The standard InChI is InChI=1S/C16H29N5O2.2ClH/c1-5-14-18-15(23-19-14)12(4)20-6-8-21(9-7-20)16(22)13(17)10-11(2)3;;/h11-13H,5-10,17H2,1-4H3;2*1H/t12?,13-;;/m0../s1. The molecule has 1 aliphatic heterocycles. The highest BCUT2D eigenvalue weighted by atomic mass is 35.5. The number of nitrogens with zero attached hydrogens (tertiary/aromatic N) is 4. The van der Waals surface area contributed by atoms with Crippen molar-refractivity contribution in [3.05, 3.63) is 11.7 Å². The van der Waals surface area contributed by atoms with Crippen molar-refractivity contribution in [2.75, 3.05) is 26.2 Å². The van der Waals surface area contributed by atoms with Crippen molar-refractivity contribution in [3.8, 4) is 0 Å². The van der Waals surface area contributed by atoms with E-state index in [2.05, 4.69) is 35.8 Å². The molecule has 0 aromatic carbocycles. The average molecular weight is 396 g/mol. The minimum absolute atomic E-state index is 0. The molecule has 2 heterocycles. The SMILES string of the molecule is CCc1noc(C(C)N2CCN(C(=O)[C@@H](N)CC(C)C)CC2)n1.Cl.Cl. The second-order valence-corrected chi connectivity index (χ2v) is 6.68. The number of aromatic nitrogens is 2. The molecule has 2 rings (SSSR count). The highest BCUT2D eigenvalue weighted by molar-refractivity contribution is 5.85. The third kappa shape index (κ3) is 6.40. The fourth-order valence-corrected chi connectivity index (χ4v) is 2.91. The van der Waals surface area contributed by atoms with Gasteiger partial charge in [0.2, 0.25) is 11.8 Å². The lowest BCUT2D eigenvalue weighted by atomic mass is 10.0. The van der Waals surface area contributed by atoms with E-state index in [1.54, 1.807) is 0 Å². The molecule has 0 saturated carbocycles. The molecule has 1 unspecified atom stereocenters. The second kappa shape index (κ2) is 11.0. The Morgan fingerprint density at radius 2 is 1.80 bits per heavy atom. The van der Waals surface area contributed by atoms with Crippen LogP contribution in [-0.2, 0) is 11.2 Å². The number of nitrogens with two attached hydrogens (primary N) is 1. The van der Waals surface area contributed by atoms with Gasteiger partial charge in [0.15, 0.2) is 5.82 Å². The fourth-order valence-electron chi connectivity index (χ4n) is 2.91. The topological polar surface area (TPSA) is 88.5 Å². The van der Waals surface area contributed by atoms with Gasteiger partial charge >= 0.3 is 0 Å². The first kappa shape index (κ1) is 24.1. The van der Waals surface area contributed by atoms with Crippen molar-refractivity contribution >= 4 is 30.7 Å². The minimum Gasteiger partial charge on any atom is -0.339 e. The van der Waals surface area contributed by atoms with E-state index in [1.165, 1.54) is 0 Å². The van der Waals surface area contributed by atoms with Gasteiger partial charge in [-0.3, -0.25) is 9.69 Å². The first-order valence-electron chi connectivity index (χ1n) is 8.53. The molecule has 0 radical (unpaired) electrons. The summed E-state index contributed by atoms with van der Waals surface area (Å²) in [7, 11) is 0. The predicted molar refractivity (Wildman–Crippen MR) is 102 cm³/mol. The van der Waals surface area contributed by atoms with Crippen LogP contribution in [0.2, 0.25) is 0 Å². The molecular weight excluding hydrogens is 365 g/mol. The van der Waals surface area contributed by atoms with Gasteiger partial charge in [0, 0.05) is 32.6 Å². The number of carbonyl (C=O) groups excluding carboxylic acids is 1. The number of amides is 1. The molecule has 1 aromatic heterocycles. The molecule has 0 bridgehead atoms. The fraction of sp³-hybridized carbons (Fsp3) is 0.812. The van der Waals surface area contributed by atoms with E-state index in [-0.39, 0.29) is 42.8 Å². The summed E-state index contributed by atoms with van der Waals surface area (Å²) in [6, 6.07) is -0.314. The van der Waals surface area contributed by atoms with Crippen LogP contribution in [0.5, 0.6) is 0 Å². The summed E-state index contributed by atoms with van der Waals surface area (Å²) in [5.41, 5.74) is 6.01. The molecule has 1 saturated heterocycles.